The average molecular weight is 195 g/mol. The summed E-state index contributed by atoms with van der Waals surface area (Å²) >= 11 is 0. The van der Waals surface area contributed by atoms with Crippen LogP contribution in [0.2, 0.25) is 0 Å². The standard InChI is InChI=1S/C10H17N3O/c1-4-11-9-5-6-12-10(13-9)7-8(2)14-3/h5-6,8H,4,7H2,1-3H3,(H,11,12,13). The van der Waals surface area contributed by atoms with Gasteiger partial charge in [-0.1, -0.05) is 0 Å². The summed E-state index contributed by atoms with van der Waals surface area (Å²) in [6, 6.07) is 1.87. The number of anilines is 1. The third-order valence-electron chi connectivity index (χ3n) is 1.94. The first-order valence-electron chi connectivity index (χ1n) is 4.84. The van der Waals surface area contributed by atoms with Gasteiger partial charge in [-0.15, -0.1) is 0 Å². The molecule has 0 aromatic carbocycles. The largest absolute Gasteiger partial charge is 0.381 e. The van der Waals surface area contributed by atoms with Gasteiger partial charge in [-0.25, -0.2) is 9.97 Å². The smallest absolute Gasteiger partial charge is 0.133 e. The van der Waals surface area contributed by atoms with Crippen LogP contribution in [0.5, 0.6) is 0 Å². The second-order valence-corrected chi connectivity index (χ2v) is 3.14. The molecule has 0 spiro atoms. The Morgan fingerprint density at radius 3 is 3.00 bits per heavy atom. The van der Waals surface area contributed by atoms with Crippen molar-refractivity contribution in [3.8, 4) is 0 Å². The van der Waals surface area contributed by atoms with Crippen LogP contribution in [0.3, 0.4) is 0 Å². The molecule has 0 aliphatic heterocycles. The highest BCUT2D eigenvalue weighted by atomic mass is 16.5. The molecule has 0 saturated heterocycles. The molecule has 4 heteroatoms. The third-order valence-corrected chi connectivity index (χ3v) is 1.94. The quantitative estimate of drug-likeness (QED) is 0.773. The molecule has 1 atom stereocenters. The molecule has 1 heterocycles. The maximum absolute atomic E-state index is 5.15. The van der Waals surface area contributed by atoms with E-state index < -0.39 is 0 Å². The van der Waals surface area contributed by atoms with Crippen molar-refractivity contribution in [1.82, 2.24) is 9.97 Å². The lowest BCUT2D eigenvalue weighted by molar-refractivity contribution is 0.117. The molecule has 0 radical (unpaired) electrons. The summed E-state index contributed by atoms with van der Waals surface area (Å²) in [6.45, 7) is 4.92. The van der Waals surface area contributed by atoms with Crippen molar-refractivity contribution in [3.63, 3.8) is 0 Å². The number of nitrogens with one attached hydrogen (secondary N) is 1. The summed E-state index contributed by atoms with van der Waals surface area (Å²) < 4.78 is 5.15. The molecule has 1 aromatic heterocycles. The van der Waals surface area contributed by atoms with Crippen molar-refractivity contribution in [2.24, 2.45) is 0 Å². The number of methoxy groups -OCH3 is 1. The molecule has 1 rings (SSSR count). The highest BCUT2D eigenvalue weighted by Gasteiger charge is 2.04. The van der Waals surface area contributed by atoms with E-state index >= 15 is 0 Å². The molecule has 78 valence electrons. The first-order chi connectivity index (χ1) is 6.76. The molecule has 14 heavy (non-hydrogen) atoms. The fraction of sp³-hybridized carbons (Fsp3) is 0.600. The van der Waals surface area contributed by atoms with Crippen LogP contribution in [0.25, 0.3) is 0 Å². The van der Waals surface area contributed by atoms with Gasteiger partial charge < -0.3 is 10.1 Å². The maximum Gasteiger partial charge on any atom is 0.133 e. The molecule has 0 bridgehead atoms. The van der Waals surface area contributed by atoms with E-state index in [1.807, 2.05) is 19.9 Å². The minimum atomic E-state index is 0.159. The van der Waals surface area contributed by atoms with Crippen LogP contribution in [-0.4, -0.2) is 29.7 Å². The van der Waals surface area contributed by atoms with E-state index in [4.69, 9.17) is 4.74 Å². The second kappa shape index (κ2) is 5.54. The van der Waals surface area contributed by atoms with Gasteiger partial charge in [0.25, 0.3) is 0 Å². The Morgan fingerprint density at radius 2 is 2.36 bits per heavy atom. The third kappa shape index (κ3) is 3.30. The van der Waals surface area contributed by atoms with Crippen molar-refractivity contribution in [1.29, 1.82) is 0 Å². The van der Waals surface area contributed by atoms with Crippen LogP contribution in [0, 0.1) is 0 Å². The van der Waals surface area contributed by atoms with Crippen LogP contribution in [-0.2, 0) is 11.2 Å². The molecule has 1 unspecified atom stereocenters. The Balaban J connectivity index is 2.63. The number of nitrogens with zero attached hydrogens (tertiary/aromatic N) is 2. The average Bonchev–Trinajstić information content (AvgIpc) is 2.19. The van der Waals surface area contributed by atoms with Crippen molar-refractivity contribution >= 4 is 5.82 Å². The summed E-state index contributed by atoms with van der Waals surface area (Å²) in [5.74, 6) is 1.69. The summed E-state index contributed by atoms with van der Waals surface area (Å²) in [7, 11) is 1.69. The number of hydrogen-bond donors (Lipinski definition) is 1. The summed E-state index contributed by atoms with van der Waals surface area (Å²) in [5, 5.41) is 3.15. The molecule has 4 nitrogen and oxygen atoms in total. The lowest BCUT2D eigenvalue weighted by Crippen LogP contribution is -2.12. The van der Waals surface area contributed by atoms with Crippen molar-refractivity contribution in [3.05, 3.63) is 18.1 Å². The molecule has 0 aliphatic rings. The van der Waals surface area contributed by atoms with E-state index in [2.05, 4.69) is 15.3 Å². The Morgan fingerprint density at radius 1 is 1.57 bits per heavy atom. The highest BCUT2D eigenvalue weighted by Crippen LogP contribution is 2.04. The molecule has 1 N–H and O–H groups in total. The maximum atomic E-state index is 5.15. The summed E-state index contributed by atoms with van der Waals surface area (Å²) in [6.07, 6.45) is 2.67. The van der Waals surface area contributed by atoms with Crippen molar-refractivity contribution < 1.29 is 4.74 Å². The Hall–Kier alpha value is -1.16. The normalized spacial score (nSPS) is 12.5. The molecular formula is C10H17N3O. The van der Waals surface area contributed by atoms with Crippen LogP contribution >= 0.6 is 0 Å². The van der Waals surface area contributed by atoms with Crippen LogP contribution in [0.15, 0.2) is 12.3 Å². The van der Waals surface area contributed by atoms with Gasteiger partial charge in [0.05, 0.1) is 6.10 Å². The van der Waals surface area contributed by atoms with Crippen molar-refractivity contribution in [2.75, 3.05) is 19.0 Å². The van der Waals surface area contributed by atoms with E-state index in [0.29, 0.717) is 0 Å². The van der Waals surface area contributed by atoms with E-state index in [1.54, 1.807) is 13.3 Å². The summed E-state index contributed by atoms with van der Waals surface area (Å²) in [5.41, 5.74) is 0. The van der Waals surface area contributed by atoms with Gasteiger partial charge in [-0.05, 0) is 19.9 Å². The molecule has 0 fully saturated rings. The molecular weight excluding hydrogens is 178 g/mol. The van der Waals surface area contributed by atoms with Crippen LogP contribution < -0.4 is 5.32 Å². The first kappa shape index (κ1) is 10.9. The van der Waals surface area contributed by atoms with E-state index in [1.165, 1.54) is 0 Å². The SMILES string of the molecule is CCNc1ccnc(CC(C)OC)n1. The highest BCUT2D eigenvalue weighted by molar-refractivity contribution is 5.32. The Bertz CT molecular complexity index is 278. The molecule has 0 saturated carbocycles. The van der Waals surface area contributed by atoms with Crippen molar-refractivity contribution in [2.45, 2.75) is 26.4 Å². The van der Waals surface area contributed by atoms with Gasteiger partial charge in [0.15, 0.2) is 0 Å². The minimum absolute atomic E-state index is 0.159. The molecule has 0 aliphatic carbocycles. The van der Waals surface area contributed by atoms with Crippen LogP contribution in [0.1, 0.15) is 19.7 Å². The van der Waals surface area contributed by atoms with Gasteiger partial charge in [-0.3, -0.25) is 0 Å². The number of aromatic nitrogens is 2. The first-order valence-corrected chi connectivity index (χ1v) is 4.84. The zero-order chi connectivity index (χ0) is 10.4. The van der Waals surface area contributed by atoms with Crippen LogP contribution in [0.4, 0.5) is 5.82 Å². The zero-order valence-corrected chi connectivity index (χ0v) is 8.95. The van der Waals surface area contributed by atoms with E-state index in [9.17, 15) is 0 Å². The van der Waals surface area contributed by atoms with Gasteiger partial charge in [0.1, 0.15) is 11.6 Å². The molecule has 1 aromatic rings. The van der Waals surface area contributed by atoms with E-state index in [0.717, 1.165) is 24.6 Å². The Kier molecular flexibility index (Phi) is 4.32. The number of hydrogen-bond acceptors (Lipinski definition) is 4. The predicted molar refractivity (Wildman–Crippen MR) is 56.4 cm³/mol. The van der Waals surface area contributed by atoms with Gasteiger partial charge >= 0.3 is 0 Å². The van der Waals surface area contributed by atoms with Gasteiger partial charge in [0, 0.05) is 26.3 Å². The molecule has 0 amide bonds. The minimum Gasteiger partial charge on any atom is -0.381 e. The predicted octanol–water partition coefficient (Wildman–Crippen LogP) is 1.49. The number of rotatable bonds is 5. The monoisotopic (exact) mass is 195 g/mol. The van der Waals surface area contributed by atoms with Gasteiger partial charge in [0.2, 0.25) is 0 Å². The zero-order valence-electron chi connectivity index (χ0n) is 8.95. The lowest BCUT2D eigenvalue weighted by atomic mass is 10.2. The topological polar surface area (TPSA) is 47.0 Å². The summed E-state index contributed by atoms with van der Waals surface area (Å²) in [4.78, 5) is 8.53. The fourth-order valence-corrected chi connectivity index (χ4v) is 1.12. The lowest BCUT2D eigenvalue weighted by Gasteiger charge is -2.08. The van der Waals surface area contributed by atoms with Gasteiger partial charge in [-0.2, -0.15) is 0 Å². The number of ether oxygens (including phenoxy) is 1. The van der Waals surface area contributed by atoms with E-state index in [-0.39, 0.29) is 6.10 Å². The fourth-order valence-electron chi connectivity index (χ4n) is 1.12. The second-order valence-electron chi connectivity index (χ2n) is 3.14. The Labute approximate surface area is 84.7 Å².